The Morgan fingerprint density at radius 1 is 1.08 bits per heavy atom. The predicted molar refractivity (Wildman–Crippen MR) is 192 cm³/mol. The van der Waals surface area contributed by atoms with E-state index in [1.165, 1.54) is 0 Å². The van der Waals surface area contributed by atoms with Crippen molar-refractivity contribution in [2.24, 2.45) is 17.8 Å². The van der Waals surface area contributed by atoms with E-state index in [2.05, 4.69) is 15.4 Å². The lowest BCUT2D eigenvalue weighted by Crippen LogP contribution is -2.54. The van der Waals surface area contributed by atoms with Crippen LogP contribution < -0.4 is 19.5 Å². The first kappa shape index (κ1) is 34.1. The van der Waals surface area contributed by atoms with Gasteiger partial charge in [-0.15, -0.1) is 11.3 Å². The number of ether oxygens (including phenoxy) is 2. The van der Waals surface area contributed by atoms with Gasteiger partial charge in [0.2, 0.25) is 27.7 Å². The molecule has 0 unspecified atom stereocenters. The number of thiazole rings is 1. The molecular formula is C37H43N5O7S2. The van der Waals surface area contributed by atoms with Gasteiger partial charge in [-0.25, -0.2) is 18.4 Å². The van der Waals surface area contributed by atoms with Crippen molar-refractivity contribution < 1.29 is 32.3 Å². The van der Waals surface area contributed by atoms with Crippen molar-refractivity contribution in [3.8, 4) is 22.3 Å². The Bertz CT molecular complexity index is 2020. The van der Waals surface area contributed by atoms with Gasteiger partial charge in [0.1, 0.15) is 28.1 Å². The zero-order chi connectivity index (χ0) is 35.5. The lowest BCUT2D eigenvalue weighted by molar-refractivity contribution is -0.140. The summed E-state index contributed by atoms with van der Waals surface area (Å²) in [6, 6.07) is 7.65. The van der Waals surface area contributed by atoms with Crippen LogP contribution in [0, 0.1) is 17.8 Å². The SMILES string of the molecule is COc1ccc2c(O[C@@H]3C[C@H]4C(=O)N[C@]5(C(=O)NS(=O)(=O)C6CC6)C[C@H]5/C=C\CCCCN(C)C(=O)[C@@H]4C3)nc(-c3nc(C4CC4)cs3)cc2c1. The number of nitrogens with one attached hydrogen (secondary N) is 2. The third-order valence-electron chi connectivity index (χ3n) is 11.0. The molecule has 0 radical (unpaired) electrons. The fourth-order valence-electron chi connectivity index (χ4n) is 7.55. The largest absolute Gasteiger partial charge is 0.497 e. The Balaban J connectivity index is 1.09. The van der Waals surface area contributed by atoms with Gasteiger partial charge in [0, 0.05) is 36.2 Å². The van der Waals surface area contributed by atoms with Crippen LogP contribution in [0.25, 0.3) is 21.5 Å². The molecule has 5 aliphatic rings. The van der Waals surface area contributed by atoms with Crippen LogP contribution in [0.15, 0.2) is 41.8 Å². The zero-order valence-electron chi connectivity index (χ0n) is 28.8. The van der Waals surface area contributed by atoms with E-state index in [0.29, 0.717) is 42.6 Å². The molecule has 5 atom stereocenters. The quantitative estimate of drug-likeness (QED) is 0.314. The van der Waals surface area contributed by atoms with Crippen LogP contribution in [-0.4, -0.2) is 78.6 Å². The van der Waals surface area contributed by atoms with E-state index in [9.17, 15) is 22.8 Å². The van der Waals surface area contributed by atoms with Gasteiger partial charge in [-0.1, -0.05) is 12.2 Å². The van der Waals surface area contributed by atoms with Gasteiger partial charge in [-0.2, -0.15) is 0 Å². The Hall–Kier alpha value is -4.04. The van der Waals surface area contributed by atoms with Crippen LogP contribution in [0.5, 0.6) is 11.6 Å². The highest BCUT2D eigenvalue weighted by molar-refractivity contribution is 7.91. The number of sulfonamides is 1. The van der Waals surface area contributed by atoms with Crippen molar-refractivity contribution in [2.75, 3.05) is 20.7 Å². The van der Waals surface area contributed by atoms with Crippen LogP contribution >= 0.6 is 11.3 Å². The number of rotatable bonds is 8. The van der Waals surface area contributed by atoms with Crippen LogP contribution in [0.3, 0.4) is 0 Å². The van der Waals surface area contributed by atoms with E-state index >= 15 is 0 Å². The molecule has 3 aromatic rings. The van der Waals surface area contributed by atoms with Gasteiger partial charge in [0.05, 0.1) is 29.9 Å². The van der Waals surface area contributed by atoms with Gasteiger partial charge in [0.15, 0.2) is 0 Å². The van der Waals surface area contributed by atoms with Crippen molar-refractivity contribution in [3.05, 3.63) is 47.5 Å². The normalized spacial score (nSPS) is 29.0. The maximum atomic E-state index is 14.2. The number of carbonyl (C=O) groups excluding carboxylic acids is 3. The second kappa shape index (κ2) is 13.2. The molecular weight excluding hydrogens is 691 g/mol. The van der Waals surface area contributed by atoms with Gasteiger partial charge < -0.3 is 19.7 Å². The monoisotopic (exact) mass is 733 g/mol. The fourth-order valence-corrected chi connectivity index (χ4v) is 9.78. The summed E-state index contributed by atoms with van der Waals surface area (Å²) in [4.78, 5) is 53.3. The van der Waals surface area contributed by atoms with E-state index in [4.69, 9.17) is 19.4 Å². The molecule has 0 spiro atoms. The van der Waals surface area contributed by atoms with Crippen LogP contribution in [-0.2, 0) is 24.4 Å². The summed E-state index contributed by atoms with van der Waals surface area (Å²) in [7, 11) is -0.445. The highest BCUT2D eigenvalue weighted by Crippen LogP contribution is 2.47. The summed E-state index contributed by atoms with van der Waals surface area (Å²) in [5, 5.41) is 6.89. The number of hydrogen-bond donors (Lipinski definition) is 2. The second-order valence-corrected chi connectivity index (χ2v) is 17.6. The third kappa shape index (κ3) is 6.84. The number of carbonyl (C=O) groups is 3. The molecule has 0 bridgehead atoms. The Morgan fingerprint density at radius 3 is 2.65 bits per heavy atom. The molecule has 1 aliphatic heterocycles. The number of methoxy groups -OCH3 is 1. The lowest BCUT2D eigenvalue weighted by atomic mass is 9.93. The summed E-state index contributed by atoms with van der Waals surface area (Å²) in [6.45, 7) is 0.560. The molecule has 0 saturated heterocycles. The molecule has 12 nitrogen and oxygen atoms in total. The smallest absolute Gasteiger partial charge is 0.259 e. The second-order valence-electron chi connectivity index (χ2n) is 14.8. The minimum absolute atomic E-state index is 0.150. The van der Waals surface area contributed by atoms with Crippen LogP contribution in [0.4, 0.5) is 0 Å². The fraction of sp³-hybridized carbons (Fsp3) is 0.541. The molecule has 4 aliphatic carbocycles. The summed E-state index contributed by atoms with van der Waals surface area (Å²) in [5.74, 6) is -1.56. The molecule has 3 heterocycles. The number of benzene rings is 1. The van der Waals surface area contributed by atoms with Crippen LogP contribution in [0.2, 0.25) is 0 Å². The zero-order valence-corrected chi connectivity index (χ0v) is 30.4. The molecule has 8 rings (SSSR count). The number of fused-ring (bicyclic) bond motifs is 3. The molecule has 270 valence electrons. The van der Waals surface area contributed by atoms with Crippen LogP contribution in [0.1, 0.15) is 75.8 Å². The highest BCUT2D eigenvalue weighted by atomic mass is 32.2. The van der Waals surface area contributed by atoms with Gasteiger partial charge in [-0.3, -0.25) is 19.1 Å². The maximum absolute atomic E-state index is 14.2. The average Bonchev–Trinajstić information content (AvgIpc) is 4.06. The Labute approximate surface area is 301 Å². The first-order valence-corrected chi connectivity index (χ1v) is 20.4. The molecule has 1 aromatic carbocycles. The van der Waals surface area contributed by atoms with E-state index in [1.807, 2.05) is 36.4 Å². The van der Waals surface area contributed by atoms with Crippen molar-refractivity contribution >= 4 is 49.9 Å². The van der Waals surface area contributed by atoms with E-state index in [-0.39, 0.29) is 31.1 Å². The lowest BCUT2D eigenvalue weighted by Gasteiger charge is -2.26. The molecule has 3 amide bonds. The van der Waals surface area contributed by atoms with E-state index in [1.54, 1.807) is 30.4 Å². The maximum Gasteiger partial charge on any atom is 0.259 e. The number of hydrogen-bond acceptors (Lipinski definition) is 10. The minimum atomic E-state index is -3.82. The minimum Gasteiger partial charge on any atom is -0.497 e. The topological polar surface area (TPSA) is 157 Å². The third-order valence-corrected chi connectivity index (χ3v) is 13.7. The first-order chi connectivity index (χ1) is 24.5. The van der Waals surface area contributed by atoms with Gasteiger partial charge in [-0.05, 0) is 93.9 Å². The number of amides is 3. The number of pyridine rings is 1. The summed E-state index contributed by atoms with van der Waals surface area (Å²) in [6.07, 6.45) is 9.87. The predicted octanol–water partition coefficient (Wildman–Crippen LogP) is 4.70. The summed E-state index contributed by atoms with van der Waals surface area (Å²) in [5.41, 5.74) is 0.367. The standard InChI is InChI=1S/C37H43N5O7S2/c1-42-14-6-4-3-5-7-23-19-37(23,36(45)41-51(46,47)26-11-12-26)40-32(43)28-17-25(18-29(28)35(42)44)49-33-27-13-10-24(48-2)15-22(27)16-30(38-33)34-39-31(20-50-34)21-8-9-21/h5,7,10,13,15-16,20-21,23,25-26,28-29H,3-4,6,8-9,11-12,14,17-19H2,1-2H3,(H,40,43)(H,41,45)/b7-5-/t23-,25-,28-,29-,37-/m1/s1. The van der Waals surface area contributed by atoms with Gasteiger partial charge >= 0.3 is 0 Å². The van der Waals surface area contributed by atoms with E-state index in [0.717, 1.165) is 53.6 Å². The Morgan fingerprint density at radius 2 is 1.88 bits per heavy atom. The molecule has 2 N–H and O–H groups in total. The van der Waals surface area contributed by atoms with Gasteiger partial charge in [0.25, 0.3) is 5.91 Å². The Kier molecular flexibility index (Phi) is 8.80. The van der Waals surface area contributed by atoms with Crippen molar-refractivity contribution in [3.63, 3.8) is 0 Å². The molecule has 51 heavy (non-hydrogen) atoms. The average molecular weight is 734 g/mol. The van der Waals surface area contributed by atoms with Crippen molar-refractivity contribution in [1.29, 1.82) is 0 Å². The van der Waals surface area contributed by atoms with Crippen molar-refractivity contribution in [2.45, 2.75) is 87.0 Å². The molecule has 4 saturated carbocycles. The first-order valence-electron chi connectivity index (χ1n) is 18.0. The molecule has 14 heteroatoms. The van der Waals surface area contributed by atoms with Crippen molar-refractivity contribution in [1.82, 2.24) is 24.9 Å². The number of aromatic nitrogens is 2. The summed E-state index contributed by atoms with van der Waals surface area (Å²) < 4.78 is 40.0. The molecule has 4 fully saturated rings. The highest BCUT2D eigenvalue weighted by Gasteiger charge is 2.62. The van der Waals surface area contributed by atoms with E-state index < -0.39 is 50.6 Å². The molecule has 2 aromatic heterocycles. The number of nitrogens with zero attached hydrogens (tertiary/aromatic N) is 3. The summed E-state index contributed by atoms with van der Waals surface area (Å²) >= 11 is 1.55. The number of allylic oxidation sites excluding steroid dienone is 1.